The van der Waals surface area contributed by atoms with Crippen LogP contribution in [0.5, 0.6) is 11.6 Å². The van der Waals surface area contributed by atoms with Crippen molar-refractivity contribution in [2.45, 2.75) is 0 Å². The van der Waals surface area contributed by atoms with Crippen LogP contribution in [0.25, 0.3) is 21.7 Å². The molecule has 1 aromatic heterocycles. The van der Waals surface area contributed by atoms with E-state index in [2.05, 4.69) is 15.2 Å². The van der Waals surface area contributed by atoms with Gasteiger partial charge < -0.3 is 14.8 Å². The number of H-pyrrole nitrogens is 1. The number of rotatable bonds is 4. The van der Waals surface area contributed by atoms with Crippen molar-refractivity contribution >= 4 is 56.5 Å². The van der Waals surface area contributed by atoms with Crippen molar-refractivity contribution < 1.29 is 14.6 Å². The van der Waals surface area contributed by atoms with Crippen LogP contribution in [0.1, 0.15) is 0 Å². The molecule has 0 radical (unpaired) electrons. The van der Waals surface area contributed by atoms with Gasteiger partial charge in [-0.2, -0.15) is 0 Å². The number of nitrogens with one attached hydrogen (secondary N) is 1. The first-order valence-electron chi connectivity index (χ1n) is 8.27. The molecule has 1 amide bonds. The lowest BCUT2D eigenvalue weighted by Gasteiger charge is -2.04. The van der Waals surface area contributed by atoms with Crippen LogP contribution in [0.3, 0.4) is 0 Å². The molecule has 4 rings (SSSR count). The minimum Gasteiger partial charge on any atom is -0.493 e. The maximum atomic E-state index is 12.0. The van der Waals surface area contributed by atoms with Crippen LogP contribution < -0.4 is 4.74 Å². The molecular formula is C20H13Cl2N3O3. The highest BCUT2D eigenvalue weighted by Crippen LogP contribution is 2.40. The van der Waals surface area contributed by atoms with E-state index in [1.165, 1.54) is 6.07 Å². The number of aromatic nitrogens is 1. The van der Waals surface area contributed by atoms with Crippen LogP contribution in [-0.4, -0.2) is 22.6 Å². The molecule has 4 aromatic rings. The van der Waals surface area contributed by atoms with E-state index < -0.39 is 5.91 Å². The first-order valence-corrected chi connectivity index (χ1v) is 9.03. The van der Waals surface area contributed by atoms with Gasteiger partial charge >= 0.3 is 5.91 Å². The minimum atomic E-state index is -0.602. The Morgan fingerprint density at radius 2 is 1.86 bits per heavy atom. The Morgan fingerprint density at radius 3 is 2.68 bits per heavy atom. The van der Waals surface area contributed by atoms with Gasteiger partial charge in [0.05, 0.1) is 10.5 Å². The fourth-order valence-electron chi connectivity index (χ4n) is 2.83. The molecule has 0 saturated carbocycles. The maximum absolute atomic E-state index is 12.0. The molecule has 0 saturated heterocycles. The third-order valence-electron chi connectivity index (χ3n) is 4.12. The van der Waals surface area contributed by atoms with Gasteiger partial charge in [-0.05, 0) is 35.0 Å². The minimum absolute atomic E-state index is 0.0819. The van der Waals surface area contributed by atoms with Crippen LogP contribution in [0, 0.1) is 0 Å². The molecule has 0 aliphatic heterocycles. The van der Waals surface area contributed by atoms with Crippen molar-refractivity contribution in [1.29, 1.82) is 0 Å². The van der Waals surface area contributed by atoms with Gasteiger partial charge in [0.2, 0.25) is 5.88 Å². The zero-order valence-corrected chi connectivity index (χ0v) is 15.8. The van der Waals surface area contributed by atoms with Gasteiger partial charge in [0.25, 0.3) is 0 Å². The molecule has 1 heterocycles. The molecule has 0 spiro atoms. The highest BCUT2D eigenvalue weighted by atomic mass is 35.5. The lowest BCUT2D eigenvalue weighted by Crippen LogP contribution is -2.07. The molecule has 0 fully saturated rings. The molecular weight excluding hydrogens is 401 g/mol. The summed E-state index contributed by atoms with van der Waals surface area (Å²) in [6, 6.07) is 16.5. The second-order valence-electron chi connectivity index (χ2n) is 6.02. The van der Waals surface area contributed by atoms with Crippen molar-refractivity contribution in [2.24, 2.45) is 10.2 Å². The number of aromatic hydroxyl groups is 1. The molecule has 0 atom stereocenters. The van der Waals surface area contributed by atoms with Gasteiger partial charge in [-0.3, -0.25) is 4.79 Å². The number of amides is 1. The molecule has 0 bridgehead atoms. The highest BCUT2D eigenvalue weighted by molar-refractivity contribution is 6.38. The van der Waals surface area contributed by atoms with E-state index in [0.717, 1.165) is 10.8 Å². The van der Waals surface area contributed by atoms with Crippen molar-refractivity contribution in [2.75, 3.05) is 6.61 Å². The number of carbonyl (C=O) groups excluding carboxylic acids is 1. The zero-order chi connectivity index (χ0) is 19.7. The van der Waals surface area contributed by atoms with E-state index in [-0.39, 0.29) is 18.2 Å². The van der Waals surface area contributed by atoms with E-state index >= 15 is 0 Å². The van der Waals surface area contributed by atoms with Crippen LogP contribution in [0.2, 0.25) is 10.0 Å². The average molecular weight is 414 g/mol. The van der Waals surface area contributed by atoms with Crippen molar-refractivity contribution in [3.63, 3.8) is 0 Å². The summed E-state index contributed by atoms with van der Waals surface area (Å²) in [5.41, 5.74) is 0.538. The second-order valence-corrected chi connectivity index (χ2v) is 6.87. The van der Waals surface area contributed by atoms with E-state index in [1.807, 2.05) is 36.4 Å². The molecule has 0 aliphatic carbocycles. The van der Waals surface area contributed by atoms with Gasteiger partial charge in [-0.25, -0.2) is 0 Å². The standard InChI is InChI=1S/C20H13Cl2N3O3/c21-13-8-15-18(16(22)9-13)23-20(27)19(15)25-24-17(26)10-28-14-6-5-11-3-1-2-4-12(11)7-14/h1-9,23,27H,10H2. The van der Waals surface area contributed by atoms with Gasteiger partial charge in [-0.15, -0.1) is 10.2 Å². The fourth-order valence-corrected chi connectivity index (χ4v) is 3.37. The predicted molar refractivity (Wildman–Crippen MR) is 109 cm³/mol. The lowest BCUT2D eigenvalue weighted by atomic mass is 10.1. The van der Waals surface area contributed by atoms with Crippen molar-refractivity contribution in [3.05, 3.63) is 64.6 Å². The Kier molecular flexibility index (Phi) is 4.90. The molecule has 0 unspecified atom stereocenters. The number of aromatic amines is 1. The summed E-state index contributed by atoms with van der Waals surface area (Å²) in [5, 5.41) is 20.7. The highest BCUT2D eigenvalue weighted by Gasteiger charge is 2.14. The molecule has 28 heavy (non-hydrogen) atoms. The van der Waals surface area contributed by atoms with Crippen molar-refractivity contribution in [1.82, 2.24) is 4.98 Å². The summed E-state index contributed by atoms with van der Waals surface area (Å²) in [6.45, 7) is -0.285. The van der Waals surface area contributed by atoms with Gasteiger partial charge in [0.15, 0.2) is 12.3 Å². The fraction of sp³-hybridized carbons (Fsp3) is 0.0500. The molecule has 6 nitrogen and oxygen atoms in total. The van der Waals surface area contributed by atoms with Crippen molar-refractivity contribution in [3.8, 4) is 11.6 Å². The third-order valence-corrected chi connectivity index (χ3v) is 4.64. The number of fused-ring (bicyclic) bond motifs is 2. The first kappa shape index (κ1) is 18.3. The van der Waals surface area contributed by atoms with Crippen LogP contribution >= 0.6 is 23.2 Å². The summed E-state index contributed by atoms with van der Waals surface area (Å²) in [4.78, 5) is 14.7. The Hall–Kier alpha value is -3.09. The van der Waals surface area contributed by atoms with Crippen LogP contribution in [-0.2, 0) is 4.79 Å². The van der Waals surface area contributed by atoms with Crippen LogP contribution in [0.15, 0.2) is 64.8 Å². The molecule has 140 valence electrons. The van der Waals surface area contributed by atoms with Gasteiger partial charge in [0.1, 0.15) is 5.75 Å². The summed E-state index contributed by atoms with van der Waals surface area (Å²) in [7, 11) is 0. The number of carbonyl (C=O) groups is 1. The Balaban J connectivity index is 1.49. The number of nitrogens with zero attached hydrogens (tertiary/aromatic N) is 2. The Bertz CT molecular complexity index is 1230. The second kappa shape index (κ2) is 7.50. The first-order chi connectivity index (χ1) is 13.5. The smallest absolute Gasteiger partial charge is 0.302 e. The van der Waals surface area contributed by atoms with E-state index in [1.54, 1.807) is 12.1 Å². The molecule has 0 aliphatic rings. The van der Waals surface area contributed by atoms with Gasteiger partial charge in [-0.1, -0.05) is 53.5 Å². The number of azo groups is 1. The quantitative estimate of drug-likeness (QED) is 0.400. The zero-order valence-electron chi connectivity index (χ0n) is 14.3. The average Bonchev–Trinajstić information content (AvgIpc) is 3.00. The summed E-state index contributed by atoms with van der Waals surface area (Å²) >= 11 is 12.1. The molecule has 3 aromatic carbocycles. The third kappa shape index (κ3) is 3.65. The number of ether oxygens (including phenoxy) is 1. The Labute approximate surface area is 169 Å². The maximum Gasteiger partial charge on any atom is 0.302 e. The molecule has 2 N–H and O–H groups in total. The number of hydrogen-bond donors (Lipinski definition) is 2. The summed E-state index contributed by atoms with van der Waals surface area (Å²) in [6.07, 6.45) is 0. The van der Waals surface area contributed by atoms with Gasteiger partial charge in [0, 0.05) is 10.4 Å². The number of benzene rings is 3. The van der Waals surface area contributed by atoms with E-state index in [9.17, 15) is 9.90 Å². The SMILES string of the molecule is O=C(COc1ccc2ccccc2c1)N=Nc1c(O)[nH]c2c(Cl)cc(Cl)cc12. The van der Waals surface area contributed by atoms with E-state index in [0.29, 0.717) is 26.7 Å². The topological polar surface area (TPSA) is 87.0 Å². The number of halogens is 2. The summed E-state index contributed by atoms with van der Waals surface area (Å²) < 4.78 is 5.49. The number of hydrogen-bond acceptors (Lipinski definition) is 4. The van der Waals surface area contributed by atoms with Crippen LogP contribution in [0.4, 0.5) is 5.69 Å². The lowest BCUT2D eigenvalue weighted by molar-refractivity contribution is -0.120. The normalized spacial score (nSPS) is 11.5. The Morgan fingerprint density at radius 1 is 1.07 bits per heavy atom. The summed E-state index contributed by atoms with van der Waals surface area (Å²) in [5.74, 6) is -0.308. The monoisotopic (exact) mass is 413 g/mol. The van der Waals surface area contributed by atoms with E-state index in [4.69, 9.17) is 27.9 Å². The molecule has 8 heteroatoms. The largest absolute Gasteiger partial charge is 0.493 e. The predicted octanol–water partition coefficient (Wildman–Crippen LogP) is 6.02.